The van der Waals surface area contributed by atoms with E-state index in [1.54, 1.807) is 25.1 Å². The number of aromatic nitrogens is 1. The molecule has 0 saturated carbocycles. The Morgan fingerprint density at radius 1 is 1.03 bits per heavy atom. The molecule has 0 spiro atoms. The summed E-state index contributed by atoms with van der Waals surface area (Å²) < 4.78 is 15.8. The van der Waals surface area contributed by atoms with Gasteiger partial charge in [0.15, 0.2) is 0 Å². The molecule has 1 heterocycles. The number of fused-ring (bicyclic) bond motifs is 1. The SMILES string of the molecule is CCOC(=O)c1cnc2c(C(=O)OC)cccc2c1Nc1ccc(OCC(C)C)cc1. The maximum absolute atomic E-state index is 12.6. The summed E-state index contributed by atoms with van der Waals surface area (Å²) in [7, 11) is 1.32. The Labute approximate surface area is 181 Å². The van der Waals surface area contributed by atoms with Gasteiger partial charge in [0.25, 0.3) is 0 Å². The molecule has 2 aromatic carbocycles. The van der Waals surface area contributed by atoms with Crippen LogP contribution in [0.15, 0.2) is 48.7 Å². The first-order valence-electron chi connectivity index (χ1n) is 10.1. The van der Waals surface area contributed by atoms with Gasteiger partial charge in [-0.1, -0.05) is 26.0 Å². The normalized spacial score (nSPS) is 10.7. The first-order chi connectivity index (χ1) is 14.9. The van der Waals surface area contributed by atoms with Gasteiger partial charge in [-0.25, -0.2) is 9.59 Å². The second-order valence-corrected chi connectivity index (χ2v) is 7.31. The largest absolute Gasteiger partial charge is 0.493 e. The summed E-state index contributed by atoms with van der Waals surface area (Å²) in [6.45, 7) is 6.78. The summed E-state index contributed by atoms with van der Waals surface area (Å²) in [6.07, 6.45) is 1.41. The highest BCUT2D eigenvalue weighted by Gasteiger charge is 2.20. The van der Waals surface area contributed by atoms with Crippen molar-refractivity contribution < 1.29 is 23.8 Å². The highest BCUT2D eigenvalue weighted by atomic mass is 16.5. The quantitative estimate of drug-likeness (QED) is 0.513. The summed E-state index contributed by atoms with van der Waals surface area (Å²) in [4.78, 5) is 29.1. The standard InChI is InChI=1S/C24H26N2O5/c1-5-30-24(28)20-13-25-21-18(7-6-8-19(21)23(27)29-4)22(20)26-16-9-11-17(12-10-16)31-14-15(2)3/h6-13,15H,5,14H2,1-4H3,(H,25,26). The monoisotopic (exact) mass is 422 g/mol. The predicted molar refractivity (Wildman–Crippen MR) is 119 cm³/mol. The van der Waals surface area contributed by atoms with Crippen molar-refractivity contribution >= 4 is 34.2 Å². The molecular formula is C24H26N2O5. The number of methoxy groups -OCH3 is 1. The van der Waals surface area contributed by atoms with Crippen molar-refractivity contribution in [3.8, 4) is 5.75 Å². The number of anilines is 2. The van der Waals surface area contributed by atoms with Crippen LogP contribution in [0.25, 0.3) is 10.9 Å². The lowest BCUT2D eigenvalue weighted by Gasteiger charge is -2.16. The van der Waals surface area contributed by atoms with Gasteiger partial charge in [-0.2, -0.15) is 0 Å². The van der Waals surface area contributed by atoms with E-state index in [0.29, 0.717) is 34.7 Å². The molecule has 7 nitrogen and oxygen atoms in total. The molecule has 3 rings (SSSR count). The summed E-state index contributed by atoms with van der Waals surface area (Å²) >= 11 is 0. The van der Waals surface area contributed by atoms with Crippen LogP contribution in [0.5, 0.6) is 5.75 Å². The van der Waals surface area contributed by atoms with Gasteiger partial charge >= 0.3 is 11.9 Å². The molecule has 7 heteroatoms. The van der Waals surface area contributed by atoms with E-state index < -0.39 is 11.9 Å². The first kappa shape index (κ1) is 22.1. The second-order valence-electron chi connectivity index (χ2n) is 7.31. The molecule has 3 aromatic rings. The third kappa shape index (κ3) is 5.12. The van der Waals surface area contributed by atoms with Gasteiger partial charge in [0.1, 0.15) is 11.3 Å². The smallest absolute Gasteiger partial charge is 0.341 e. The molecule has 162 valence electrons. The van der Waals surface area contributed by atoms with E-state index >= 15 is 0 Å². The van der Waals surface area contributed by atoms with Gasteiger partial charge in [0, 0.05) is 17.3 Å². The highest BCUT2D eigenvalue weighted by Crippen LogP contribution is 2.32. The predicted octanol–water partition coefficient (Wildman–Crippen LogP) is 4.98. The Balaban J connectivity index is 2.04. The van der Waals surface area contributed by atoms with E-state index in [-0.39, 0.29) is 12.2 Å². The Kier molecular flexibility index (Phi) is 7.07. The molecule has 0 aliphatic heterocycles. The lowest BCUT2D eigenvalue weighted by atomic mass is 10.0. The molecule has 31 heavy (non-hydrogen) atoms. The number of pyridine rings is 1. The first-order valence-corrected chi connectivity index (χ1v) is 10.1. The number of carbonyl (C=O) groups is 2. The Morgan fingerprint density at radius 2 is 1.77 bits per heavy atom. The van der Waals surface area contributed by atoms with Crippen molar-refractivity contribution in [3.63, 3.8) is 0 Å². The average Bonchev–Trinajstić information content (AvgIpc) is 2.78. The third-order valence-corrected chi connectivity index (χ3v) is 4.51. The molecule has 0 atom stereocenters. The fraction of sp³-hybridized carbons (Fsp3) is 0.292. The number of rotatable bonds is 8. The average molecular weight is 422 g/mol. The number of ether oxygens (including phenoxy) is 3. The number of para-hydroxylation sites is 1. The van der Waals surface area contributed by atoms with Gasteiger partial charge in [-0.15, -0.1) is 0 Å². The summed E-state index contributed by atoms with van der Waals surface area (Å²) in [6, 6.07) is 12.6. The lowest BCUT2D eigenvalue weighted by molar-refractivity contribution is 0.0526. The van der Waals surface area contributed by atoms with E-state index in [9.17, 15) is 9.59 Å². The van der Waals surface area contributed by atoms with Crippen LogP contribution in [0.2, 0.25) is 0 Å². The maximum Gasteiger partial charge on any atom is 0.341 e. The summed E-state index contributed by atoms with van der Waals surface area (Å²) in [5.74, 6) is 0.189. The lowest BCUT2D eigenvalue weighted by Crippen LogP contribution is -2.11. The summed E-state index contributed by atoms with van der Waals surface area (Å²) in [5, 5.41) is 3.89. The van der Waals surface area contributed by atoms with E-state index in [1.807, 2.05) is 24.3 Å². The van der Waals surface area contributed by atoms with Crippen LogP contribution in [0.4, 0.5) is 11.4 Å². The zero-order chi connectivity index (χ0) is 22.4. The van der Waals surface area contributed by atoms with Crippen molar-refractivity contribution in [2.24, 2.45) is 5.92 Å². The third-order valence-electron chi connectivity index (χ3n) is 4.51. The fourth-order valence-electron chi connectivity index (χ4n) is 3.04. The minimum Gasteiger partial charge on any atom is -0.493 e. The number of hydrogen-bond acceptors (Lipinski definition) is 7. The molecule has 0 unspecified atom stereocenters. The van der Waals surface area contributed by atoms with E-state index in [1.165, 1.54) is 13.3 Å². The van der Waals surface area contributed by atoms with Crippen LogP contribution in [-0.4, -0.2) is 37.2 Å². The highest BCUT2D eigenvalue weighted by molar-refractivity contribution is 6.11. The minimum atomic E-state index is -0.500. The number of benzene rings is 2. The molecular weight excluding hydrogens is 396 g/mol. The van der Waals surface area contributed by atoms with Gasteiger partial charge in [-0.05, 0) is 43.2 Å². The zero-order valence-electron chi connectivity index (χ0n) is 18.1. The van der Waals surface area contributed by atoms with Crippen molar-refractivity contribution in [2.45, 2.75) is 20.8 Å². The van der Waals surface area contributed by atoms with Crippen LogP contribution in [0, 0.1) is 5.92 Å². The molecule has 0 fully saturated rings. The van der Waals surface area contributed by atoms with Crippen molar-refractivity contribution in [3.05, 3.63) is 59.8 Å². The van der Waals surface area contributed by atoms with Gasteiger partial charge < -0.3 is 19.5 Å². The molecule has 0 saturated heterocycles. The van der Waals surface area contributed by atoms with Crippen LogP contribution in [0.1, 0.15) is 41.5 Å². The number of esters is 2. The Morgan fingerprint density at radius 3 is 2.42 bits per heavy atom. The van der Waals surface area contributed by atoms with Crippen LogP contribution in [-0.2, 0) is 9.47 Å². The zero-order valence-corrected chi connectivity index (χ0v) is 18.1. The molecule has 0 aliphatic carbocycles. The fourth-order valence-corrected chi connectivity index (χ4v) is 3.04. The Hall–Kier alpha value is -3.61. The second kappa shape index (κ2) is 9.93. The van der Waals surface area contributed by atoms with Crippen molar-refractivity contribution in [2.75, 3.05) is 25.6 Å². The number of carbonyl (C=O) groups excluding carboxylic acids is 2. The molecule has 0 radical (unpaired) electrons. The van der Waals surface area contributed by atoms with Crippen LogP contribution >= 0.6 is 0 Å². The molecule has 0 bridgehead atoms. The van der Waals surface area contributed by atoms with Gasteiger partial charge in [-0.3, -0.25) is 4.98 Å². The van der Waals surface area contributed by atoms with Crippen molar-refractivity contribution in [1.29, 1.82) is 0 Å². The van der Waals surface area contributed by atoms with Gasteiger partial charge in [0.05, 0.1) is 37.1 Å². The molecule has 0 aliphatic rings. The van der Waals surface area contributed by atoms with E-state index in [4.69, 9.17) is 14.2 Å². The Bertz CT molecular complexity index is 1080. The number of nitrogens with zero attached hydrogens (tertiary/aromatic N) is 1. The molecule has 0 amide bonds. The summed E-state index contributed by atoms with van der Waals surface area (Å²) in [5.41, 5.74) is 2.28. The van der Waals surface area contributed by atoms with Crippen molar-refractivity contribution in [1.82, 2.24) is 4.98 Å². The van der Waals surface area contributed by atoms with Gasteiger partial charge in [0.2, 0.25) is 0 Å². The molecule has 1 N–H and O–H groups in total. The topological polar surface area (TPSA) is 86.8 Å². The maximum atomic E-state index is 12.6. The van der Waals surface area contributed by atoms with Crippen LogP contribution < -0.4 is 10.1 Å². The van der Waals surface area contributed by atoms with E-state index in [0.717, 1.165) is 11.4 Å². The minimum absolute atomic E-state index is 0.237. The van der Waals surface area contributed by atoms with E-state index in [2.05, 4.69) is 24.1 Å². The number of hydrogen-bond donors (Lipinski definition) is 1. The van der Waals surface area contributed by atoms with Crippen LogP contribution in [0.3, 0.4) is 0 Å². The molecule has 1 aromatic heterocycles. The number of nitrogens with one attached hydrogen (secondary N) is 1.